The number of furan rings is 1. The number of benzene rings is 1. The highest BCUT2D eigenvalue weighted by Crippen LogP contribution is 2.35. The van der Waals surface area contributed by atoms with Crippen molar-refractivity contribution in [1.82, 2.24) is 14.9 Å². The molecule has 0 spiro atoms. The zero-order valence-corrected chi connectivity index (χ0v) is 19.5. The highest BCUT2D eigenvalue weighted by molar-refractivity contribution is 5.94. The molecule has 0 saturated carbocycles. The Bertz CT molecular complexity index is 1410. The molecule has 0 bridgehead atoms. The van der Waals surface area contributed by atoms with Crippen LogP contribution in [0, 0.1) is 11.3 Å². The number of rotatable bonds is 5. The Balaban J connectivity index is 1.46. The van der Waals surface area contributed by atoms with Crippen molar-refractivity contribution in [1.29, 1.82) is 5.26 Å². The lowest BCUT2D eigenvalue weighted by molar-refractivity contribution is 0.0254. The van der Waals surface area contributed by atoms with Gasteiger partial charge < -0.3 is 18.8 Å². The van der Waals surface area contributed by atoms with Gasteiger partial charge in [0.1, 0.15) is 29.1 Å². The number of pyridine rings is 2. The third kappa shape index (κ3) is 4.59. The Hall–Kier alpha value is -4.22. The number of ether oxygens (including phenoxy) is 2. The number of nitrogens with zero attached hydrogens (tertiary/aromatic N) is 4. The summed E-state index contributed by atoms with van der Waals surface area (Å²) in [6, 6.07) is 15.0. The van der Waals surface area contributed by atoms with Crippen LogP contribution in [0.4, 0.5) is 0 Å². The zero-order valence-electron chi connectivity index (χ0n) is 19.5. The van der Waals surface area contributed by atoms with E-state index in [9.17, 15) is 10.1 Å². The highest BCUT2D eigenvalue weighted by Gasteiger charge is 2.19. The third-order valence-corrected chi connectivity index (χ3v) is 5.95. The van der Waals surface area contributed by atoms with E-state index in [1.54, 1.807) is 32.4 Å². The van der Waals surface area contributed by atoms with Crippen molar-refractivity contribution in [2.24, 2.45) is 0 Å². The molecule has 176 valence electrons. The van der Waals surface area contributed by atoms with Crippen LogP contribution in [0.2, 0.25) is 0 Å². The minimum Gasteiger partial charge on any atom is -0.489 e. The zero-order chi connectivity index (χ0) is 24.4. The molecule has 0 N–H and O–H groups in total. The number of hydrogen-bond donors (Lipinski definition) is 0. The van der Waals surface area contributed by atoms with Crippen molar-refractivity contribution >= 4 is 17.0 Å². The molecule has 1 aliphatic rings. The van der Waals surface area contributed by atoms with Crippen molar-refractivity contribution in [3.63, 3.8) is 0 Å². The third-order valence-electron chi connectivity index (χ3n) is 5.95. The molecule has 1 amide bonds. The van der Waals surface area contributed by atoms with E-state index in [4.69, 9.17) is 13.9 Å². The number of aromatic nitrogens is 2. The summed E-state index contributed by atoms with van der Waals surface area (Å²) in [5, 5.41) is 9.76. The van der Waals surface area contributed by atoms with Gasteiger partial charge in [0.15, 0.2) is 11.3 Å². The largest absolute Gasteiger partial charge is 0.489 e. The standard InChI is InChI=1S/C27H24N4O4/c1-31(2)27(32)18-3-5-22(30-16-18)25-14-23-26(35-25)21(7-10-29-23)17-4-6-24(19(13-17)15-28)34-20-8-11-33-12-9-20/h3-7,10,13-14,16,20H,8-9,11-12H2,1-2H3. The van der Waals surface area contributed by atoms with E-state index >= 15 is 0 Å². The van der Waals surface area contributed by atoms with Crippen LogP contribution in [0.5, 0.6) is 5.75 Å². The molecule has 1 aromatic carbocycles. The molecular formula is C27H24N4O4. The number of fused-ring (bicyclic) bond motifs is 1. The fraction of sp³-hybridized carbons (Fsp3) is 0.259. The van der Waals surface area contributed by atoms with Crippen molar-refractivity contribution in [2.45, 2.75) is 18.9 Å². The quantitative estimate of drug-likeness (QED) is 0.419. The summed E-state index contributed by atoms with van der Waals surface area (Å²) in [5.74, 6) is 1.00. The highest BCUT2D eigenvalue weighted by atomic mass is 16.5. The van der Waals surface area contributed by atoms with Crippen molar-refractivity contribution in [3.05, 3.63) is 66.0 Å². The van der Waals surface area contributed by atoms with Crippen LogP contribution in [-0.4, -0.2) is 54.2 Å². The molecule has 8 heteroatoms. The summed E-state index contributed by atoms with van der Waals surface area (Å²) in [7, 11) is 3.40. The summed E-state index contributed by atoms with van der Waals surface area (Å²) in [6.07, 6.45) is 4.92. The van der Waals surface area contributed by atoms with Crippen LogP contribution >= 0.6 is 0 Å². The first-order valence-electron chi connectivity index (χ1n) is 11.4. The van der Waals surface area contributed by atoms with Gasteiger partial charge in [0.05, 0.1) is 24.3 Å². The predicted molar refractivity (Wildman–Crippen MR) is 130 cm³/mol. The molecule has 3 aromatic heterocycles. The first kappa shape index (κ1) is 22.6. The summed E-state index contributed by atoms with van der Waals surface area (Å²) in [4.78, 5) is 22.5. The van der Waals surface area contributed by atoms with Gasteiger partial charge in [0.2, 0.25) is 0 Å². The minimum absolute atomic E-state index is 0.0499. The number of carbonyl (C=O) groups is 1. The lowest BCUT2D eigenvalue weighted by Crippen LogP contribution is -2.26. The molecule has 0 radical (unpaired) electrons. The SMILES string of the molecule is CN(C)C(=O)c1ccc(-c2cc3nccc(-c4ccc(OC5CCOCC5)c(C#N)c4)c3o2)nc1. The van der Waals surface area contributed by atoms with Gasteiger partial charge in [-0.05, 0) is 35.9 Å². The molecule has 1 saturated heterocycles. The molecule has 0 aliphatic carbocycles. The van der Waals surface area contributed by atoms with Gasteiger partial charge in [0, 0.05) is 51.0 Å². The Labute approximate surface area is 202 Å². The van der Waals surface area contributed by atoms with Crippen LogP contribution in [0.15, 0.2) is 59.3 Å². The molecule has 35 heavy (non-hydrogen) atoms. The molecule has 4 aromatic rings. The van der Waals surface area contributed by atoms with Crippen LogP contribution < -0.4 is 4.74 Å². The predicted octanol–water partition coefficient (Wildman–Crippen LogP) is 4.69. The lowest BCUT2D eigenvalue weighted by Gasteiger charge is -2.23. The van der Waals surface area contributed by atoms with Gasteiger partial charge in [0.25, 0.3) is 5.91 Å². The fourth-order valence-corrected chi connectivity index (χ4v) is 4.08. The van der Waals surface area contributed by atoms with Gasteiger partial charge in [-0.15, -0.1) is 0 Å². The summed E-state index contributed by atoms with van der Waals surface area (Å²) < 4.78 is 17.6. The molecule has 1 fully saturated rings. The Morgan fingerprint density at radius 3 is 2.66 bits per heavy atom. The first-order valence-corrected chi connectivity index (χ1v) is 11.4. The summed E-state index contributed by atoms with van der Waals surface area (Å²) >= 11 is 0. The van der Waals surface area contributed by atoms with Crippen LogP contribution in [0.25, 0.3) is 33.7 Å². The van der Waals surface area contributed by atoms with Gasteiger partial charge in [-0.25, -0.2) is 0 Å². The number of amides is 1. The van der Waals surface area contributed by atoms with Gasteiger partial charge in [-0.1, -0.05) is 6.07 Å². The smallest absolute Gasteiger partial charge is 0.254 e. The van der Waals surface area contributed by atoms with E-state index in [-0.39, 0.29) is 12.0 Å². The average molecular weight is 469 g/mol. The second-order valence-electron chi connectivity index (χ2n) is 8.57. The van der Waals surface area contributed by atoms with E-state index < -0.39 is 0 Å². The molecule has 1 aliphatic heterocycles. The summed E-state index contributed by atoms with van der Waals surface area (Å²) in [5.41, 5.74) is 4.48. The van der Waals surface area contributed by atoms with Crippen molar-refractivity contribution in [3.8, 4) is 34.4 Å². The van der Waals surface area contributed by atoms with E-state index in [0.29, 0.717) is 52.6 Å². The summed E-state index contributed by atoms with van der Waals surface area (Å²) in [6.45, 7) is 1.34. The van der Waals surface area contributed by atoms with Gasteiger partial charge in [-0.2, -0.15) is 5.26 Å². The fourth-order valence-electron chi connectivity index (χ4n) is 4.08. The van der Waals surface area contributed by atoms with E-state index in [2.05, 4.69) is 16.0 Å². The molecule has 0 atom stereocenters. The number of carbonyl (C=O) groups excluding carboxylic acids is 1. The molecular weight excluding hydrogens is 444 g/mol. The molecule has 8 nitrogen and oxygen atoms in total. The average Bonchev–Trinajstić information content (AvgIpc) is 3.34. The van der Waals surface area contributed by atoms with Crippen molar-refractivity contribution in [2.75, 3.05) is 27.3 Å². The van der Waals surface area contributed by atoms with Crippen LogP contribution in [0.3, 0.4) is 0 Å². The lowest BCUT2D eigenvalue weighted by atomic mass is 10.0. The van der Waals surface area contributed by atoms with Gasteiger partial charge >= 0.3 is 0 Å². The first-order chi connectivity index (χ1) is 17.0. The number of hydrogen-bond acceptors (Lipinski definition) is 7. The Morgan fingerprint density at radius 1 is 1.11 bits per heavy atom. The molecule has 5 rings (SSSR count). The van der Waals surface area contributed by atoms with E-state index in [1.807, 2.05) is 30.3 Å². The molecule has 0 unspecified atom stereocenters. The Morgan fingerprint density at radius 2 is 1.94 bits per heavy atom. The monoisotopic (exact) mass is 468 g/mol. The van der Waals surface area contributed by atoms with Crippen LogP contribution in [0.1, 0.15) is 28.8 Å². The maximum absolute atomic E-state index is 12.1. The minimum atomic E-state index is -0.116. The Kier molecular flexibility index (Phi) is 6.17. The van der Waals surface area contributed by atoms with Gasteiger partial charge in [-0.3, -0.25) is 14.8 Å². The topological polar surface area (TPSA) is 101 Å². The maximum Gasteiger partial charge on any atom is 0.254 e. The number of nitriles is 1. The second-order valence-corrected chi connectivity index (χ2v) is 8.57. The van der Waals surface area contributed by atoms with E-state index in [0.717, 1.165) is 24.0 Å². The van der Waals surface area contributed by atoms with E-state index in [1.165, 1.54) is 11.1 Å². The maximum atomic E-state index is 12.1. The second kappa shape index (κ2) is 9.57. The van der Waals surface area contributed by atoms with Crippen LogP contribution in [-0.2, 0) is 4.74 Å². The normalized spacial score (nSPS) is 14.0. The van der Waals surface area contributed by atoms with Crippen molar-refractivity contribution < 1.29 is 18.7 Å². The molecule has 4 heterocycles.